The van der Waals surface area contributed by atoms with Crippen molar-refractivity contribution in [3.05, 3.63) is 88.4 Å². The van der Waals surface area contributed by atoms with Crippen LogP contribution in [-0.4, -0.2) is 6.54 Å². The van der Waals surface area contributed by atoms with Crippen molar-refractivity contribution in [1.82, 2.24) is 0 Å². The van der Waals surface area contributed by atoms with E-state index in [4.69, 9.17) is 5.73 Å². The van der Waals surface area contributed by atoms with Gasteiger partial charge < -0.3 is 5.73 Å². The summed E-state index contributed by atoms with van der Waals surface area (Å²) >= 11 is 0. The zero-order valence-corrected chi connectivity index (χ0v) is 19.4. The molecule has 0 fully saturated rings. The summed E-state index contributed by atoms with van der Waals surface area (Å²) < 4.78 is 0. The maximum absolute atomic E-state index is 5.14. The van der Waals surface area contributed by atoms with Crippen molar-refractivity contribution >= 4 is 5.57 Å². The van der Waals surface area contributed by atoms with Crippen LogP contribution in [0.25, 0.3) is 5.57 Å². The van der Waals surface area contributed by atoms with Gasteiger partial charge in [-0.25, -0.2) is 0 Å². The summed E-state index contributed by atoms with van der Waals surface area (Å²) in [6.45, 7) is 21.2. The number of aryl methyl sites for hydroxylation is 1. The summed E-state index contributed by atoms with van der Waals surface area (Å²) in [7, 11) is 0. The van der Waals surface area contributed by atoms with E-state index in [1.807, 2.05) is 46.8 Å². The lowest BCUT2D eigenvalue weighted by atomic mass is 9.95. The summed E-state index contributed by atoms with van der Waals surface area (Å²) in [5, 5.41) is 0. The number of benzene rings is 1. The Labute approximate surface area is 174 Å². The molecule has 0 aromatic heterocycles. The predicted octanol–water partition coefficient (Wildman–Crippen LogP) is 7.95. The van der Waals surface area contributed by atoms with E-state index < -0.39 is 0 Å². The molecule has 1 aromatic rings. The number of allylic oxidation sites excluding steroid dienone is 7. The highest BCUT2D eigenvalue weighted by atomic mass is 14.5. The zero-order chi connectivity index (χ0) is 21.9. The predicted molar refractivity (Wildman–Crippen MR) is 129 cm³/mol. The summed E-state index contributed by atoms with van der Waals surface area (Å²) in [5.74, 6) is 0. The van der Waals surface area contributed by atoms with Gasteiger partial charge in [-0.3, -0.25) is 0 Å². The Morgan fingerprint density at radius 1 is 1.07 bits per heavy atom. The van der Waals surface area contributed by atoms with Gasteiger partial charge in [-0.05, 0) is 74.2 Å². The maximum atomic E-state index is 5.14. The number of hydrogen-bond donors (Lipinski definition) is 1. The smallest absolute Gasteiger partial charge is 0.0326 e. The van der Waals surface area contributed by atoms with Gasteiger partial charge in [0.15, 0.2) is 0 Å². The van der Waals surface area contributed by atoms with Crippen LogP contribution in [0.1, 0.15) is 72.4 Å². The van der Waals surface area contributed by atoms with Gasteiger partial charge in [0.2, 0.25) is 0 Å². The quantitative estimate of drug-likeness (QED) is 0.516. The molecule has 0 saturated heterocycles. The van der Waals surface area contributed by atoms with E-state index in [0.717, 1.165) is 23.3 Å². The minimum Gasteiger partial charge on any atom is -0.330 e. The highest BCUT2D eigenvalue weighted by molar-refractivity contribution is 5.70. The van der Waals surface area contributed by atoms with Crippen molar-refractivity contribution in [3.8, 4) is 0 Å². The van der Waals surface area contributed by atoms with Gasteiger partial charge in [0.1, 0.15) is 0 Å². The molecule has 0 aliphatic heterocycles. The Balaban J connectivity index is 0. The summed E-state index contributed by atoms with van der Waals surface area (Å²) in [4.78, 5) is 0. The van der Waals surface area contributed by atoms with Gasteiger partial charge in [0.05, 0.1) is 0 Å². The molecular formula is C27H41N. The normalized spacial score (nSPS) is 11.5. The van der Waals surface area contributed by atoms with Crippen LogP contribution in [-0.2, 0) is 0 Å². The Morgan fingerprint density at radius 3 is 2.07 bits per heavy atom. The number of hydrogen-bond acceptors (Lipinski definition) is 1. The van der Waals surface area contributed by atoms with Crippen LogP contribution in [0.3, 0.4) is 0 Å². The first-order chi connectivity index (χ1) is 13.5. The van der Waals surface area contributed by atoms with Crippen LogP contribution in [0, 0.1) is 6.92 Å². The second-order valence-electron chi connectivity index (χ2n) is 6.05. The van der Waals surface area contributed by atoms with E-state index >= 15 is 0 Å². The third-order valence-corrected chi connectivity index (χ3v) is 3.72. The van der Waals surface area contributed by atoms with Crippen LogP contribution in [0.2, 0.25) is 0 Å². The molecule has 154 valence electrons. The van der Waals surface area contributed by atoms with Crippen LogP contribution >= 0.6 is 0 Å². The summed E-state index contributed by atoms with van der Waals surface area (Å²) in [6, 6.07) is 8.56. The zero-order valence-electron chi connectivity index (χ0n) is 19.4. The second-order valence-corrected chi connectivity index (χ2v) is 6.05. The molecule has 0 atom stereocenters. The molecule has 2 N–H and O–H groups in total. The molecule has 1 aromatic carbocycles. The van der Waals surface area contributed by atoms with Crippen molar-refractivity contribution < 1.29 is 0 Å². The molecule has 1 nitrogen and oxygen atoms in total. The maximum Gasteiger partial charge on any atom is 0.0326 e. The van der Waals surface area contributed by atoms with Crippen molar-refractivity contribution in [2.45, 2.75) is 68.2 Å². The third kappa shape index (κ3) is 11.4. The topological polar surface area (TPSA) is 26.0 Å². The van der Waals surface area contributed by atoms with Crippen molar-refractivity contribution in [3.63, 3.8) is 0 Å². The highest BCUT2D eigenvalue weighted by Gasteiger charge is 2.05. The third-order valence-electron chi connectivity index (χ3n) is 3.72. The van der Waals surface area contributed by atoms with Gasteiger partial charge in [-0.15, -0.1) is 0 Å². The molecule has 0 amide bonds. The number of unbranched alkanes of at least 4 members (excludes halogenated alkanes) is 1. The first-order valence-corrected chi connectivity index (χ1v) is 10.5. The summed E-state index contributed by atoms with van der Waals surface area (Å²) in [5.41, 5.74) is 18.3. The van der Waals surface area contributed by atoms with Crippen LogP contribution < -0.4 is 5.73 Å². The Morgan fingerprint density at radius 2 is 1.64 bits per heavy atom. The molecule has 0 bridgehead atoms. The number of rotatable bonds is 5. The molecule has 0 unspecified atom stereocenters. The van der Waals surface area contributed by atoms with Gasteiger partial charge >= 0.3 is 0 Å². The molecule has 0 radical (unpaired) electrons. The molecule has 1 aliphatic carbocycles. The fraction of sp³-hybridized carbons (Fsp3) is 0.407. The highest BCUT2D eigenvalue weighted by Crippen LogP contribution is 2.24. The lowest BCUT2D eigenvalue weighted by Gasteiger charge is -2.09. The van der Waals surface area contributed by atoms with Gasteiger partial charge in [-0.2, -0.15) is 0 Å². The Kier molecular flexibility index (Phi) is 18.0. The van der Waals surface area contributed by atoms with Crippen molar-refractivity contribution in [1.29, 1.82) is 0 Å². The molecule has 1 heteroatoms. The van der Waals surface area contributed by atoms with E-state index in [1.165, 1.54) is 29.5 Å². The molecule has 0 saturated carbocycles. The minimum absolute atomic E-state index is 0.844. The average molecular weight is 380 g/mol. The molecule has 28 heavy (non-hydrogen) atoms. The molecule has 1 aliphatic rings. The fourth-order valence-electron chi connectivity index (χ4n) is 2.21. The van der Waals surface area contributed by atoms with Gasteiger partial charge in [-0.1, -0.05) is 88.9 Å². The van der Waals surface area contributed by atoms with Gasteiger partial charge in [0, 0.05) is 5.57 Å². The standard InChI is InChI=1S/C19H18.C4H11N.2C2H6/c1-14(2)19-8-6-5-7-18(19)13-16(4)17-11-9-15(3)10-12-17;1-2-3-4-5;2*1-2/h6,8-13H,1H2,2-4H3;2-5H2,1H3;2*1-2H3/b16-13+;;;. The molecule has 0 heterocycles. The largest absolute Gasteiger partial charge is 0.330 e. The van der Waals surface area contributed by atoms with E-state index in [1.54, 1.807) is 0 Å². The van der Waals surface area contributed by atoms with E-state index in [0.29, 0.717) is 0 Å². The number of nitrogens with two attached hydrogens (primary N) is 1. The van der Waals surface area contributed by atoms with E-state index in [-0.39, 0.29) is 0 Å². The lowest BCUT2D eigenvalue weighted by Crippen LogP contribution is -1.95. The minimum atomic E-state index is 0.844. The van der Waals surface area contributed by atoms with Gasteiger partial charge in [0.25, 0.3) is 0 Å². The fourth-order valence-corrected chi connectivity index (χ4v) is 2.21. The van der Waals surface area contributed by atoms with E-state index in [2.05, 4.69) is 69.2 Å². The Bertz CT molecular complexity index is 712. The molecule has 0 spiro atoms. The van der Waals surface area contributed by atoms with Crippen molar-refractivity contribution in [2.75, 3.05) is 6.54 Å². The second kappa shape index (κ2) is 18.1. The SMILES string of the molecule is C=C(C)C1=CC=C=C=C1/C=C(\C)c1ccc(C)cc1.CC.CC.CCCCN. The van der Waals surface area contributed by atoms with Crippen molar-refractivity contribution in [2.24, 2.45) is 5.73 Å². The van der Waals surface area contributed by atoms with Crippen LogP contribution in [0.15, 0.2) is 77.3 Å². The first kappa shape index (κ1) is 27.9. The monoisotopic (exact) mass is 379 g/mol. The average Bonchev–Trinajstić information content (AvgIpc) is 2.73. The summed E-state index contributed by atoms with van der Waals surface area (Å²) in [6.07, 6.45) is 8.44. The van der Waals surface area contributed by atoms with Crippen LogP contribution in [0.5, 0.6) is 0 Å². The van der Waals surface area contributed by atoms with Crippen LogP contribution in [0.4, 0.5) is 0 Å². The molecular weight excluding hydrogens is 338 g/mol. The van der Waals surface area contributed by atoms with E-state index in [9.17, 15) is 0 Å². The Hall–Kier alpha value is -2.30. The first-order valence-electron chi connectivity index (χ1n) is 10.5. The molecule has 2 rings (SSSR count). The lowest BCUT2D eigenvalue weighted by molar-refractivity contribution is 0.807.